The summed E-state index contributed by atoms with van der Waals surface area (Å²) in [4.78, 5) is 34.8. The van der Waals surface area contributed by atoms with E-state index >= 15 is 0 Å². The third-order valence-electron chi connectivity index (χ3n) is 7.88. The summed E-state index contributed by atoms with van der Waals surface area (Å²) in [6, 6.07) is 46.2. The number of rotatable bonds is 10. The SMILES string of the molecule is O=C(OC(c1ccccc1)c1ccc(-c2ccc([N+](=O)[O-])cc2)cc1)OC(c1ccccc1)c1ccc(-c2ccc([N+](=O)[O-])cc2)cc1. The molecule has 0 aromatic heterocycles. The standard InChI is InChI=1S/C39H28N2O7/c42-39(47-37(31-7-3-1-4-8-31)33-15-11-27(12-16-33)29-19-23-35(24-20-29)40(43)44)48-38(32-9-5-2-6-10-32)34-17-13-28(14-18-34)30-21-25-36(26-22-30)41(45)46/h1-26,37-38H. The van der Waals surface area contributed by atoms with Gasteiger partial charge in [-0.3, -0.25) is 20.2 Å². The average molecular weight is 637 g/mol. The van der Waals surface area contributed by atoms with Gasteiger partial charge >= 0.3 is 6.16 Å². The van der Waals surface area contributed by atoms with Crippen molar-refractivity contribution in [1.82, 2.24) is 0 Å². The lowest BCUT2D eigenvalue weighted by Crippen LogP contribution is -2.18. The number of carbonyl (C=O) groups excluding carboxylic acids is 1. The van der Waals surface area contributed by atoms with E-state index < -0.39 is 28.2 Å². The molecule has 0 bridgehead atoms. The Morgan fingerprint density at radius 3 is 0.979 bits per heavy atom. The molecule has 236 valence electrons. The van der Waals surface area contributed by atoms with Gasteiger partial charge in [0.2, 0.25) is 0 Å². The Labute approximate surface area is 276 Å². The van der Waals surface area contributed by atoms with Gasteiger partial charge in [0.1, 0.15) is 0 Å². The molecule has 0 aliphatic rings. The zero-order valence-corrected chi connectivity index (χ0v) is 25.4. The molecular weight excluding hydrogens is 608 g/mol. The van der Waals surface area contributed by atoms with E-state index in [1.54, 1.807) is 24.3 Å². The van der Waals surface area contributed by atoms with Gasteiger partial charge in [-0.2, -0.15) is 0 Å². The van der Waals surface area contributed by atoms with Crippen molar-refractivity contribution in [3.8, 4) is 22.3 Å². The monoisotopic (exact) mass is 636 g/mol. The van der Waals surface area contributed by atoms with Gasteiger partial charge in [0.05, 0.1) is 9.85 Å². The number of ether oxygens (including phenoxy) is 2. The average Bonchev–Trinajstić information content (AvgIpc) is 3.14. The zero-order chi connectivity index (χ0) is 33.5. The molecule has 9 nitrogen and oxygen atoms in total. The third-order valence-corrected chi connectivity index (χ3v) is 7.88. The van der Waals surface area contributed by atoms with Crippen LogP contribution >= 0.6 is 0 Å². The molecule has 2 unspecified atom stereocenters. The summed E-state index contributed by atoms with van der Waals surface area (Å²) >= 11 is 0. The van der Waals surface area contributed by atoms with Crippen molar-refractivity contribution in [2.24, 2.45) is 0 Å². The molecule has 48 heavy (non-hydrogen) atoms. The predicted molar refractivity (Wildman–Crippen MR) is 181 cm³/mol. The topological polar surface area (TPSA) is 122 Å². The fraction of sp³-hybridized carbons (Fsp3) is 0.0513. The second kappa shape index (κ2) is 14.2. The molecule has 0 aliphatic carbocycles. The lowest BCUT2D eigenvalue weighted by Gasteiger charge is -2.23. The number of hydrogen-bond acceptors (Lipinski definition) is 7. The van der Waals surface area contributed by atoms with E-state index in [4.69, 9.17) is 9.47 Å². The minimum absolute atomic E-state index is 0.0145. The van der Waals surface area contributed by atoms with Gasteiger partial charge in [0, 0.05) is 24.3 Å². The molecule has 0 saturated heterocycles. The van der Waals surface area contributed by atoms with Crippen LogP contribution in [0.1, 0.15) is 34.5 Å². The fourth-order valence-corrected chi connectivity index (χ4v) is 5.38. The first-order chi connectivity index (χ1) is 23.4. The van der Waals surface area contributed by atoms with E-state index in [-0.39, 0.29) is 11.4 Å². The number of nitro benzene ring substituents is 2. The Bertz CT molecular complexity index is 1870. The van der Waals surface area contributed by atoms with E-state index in [1.807, 2.05) is 109 Å². The smallest absolute Gasteiger partial charge is 0.421 e. The molecule has 0 radical (unpaired) electrons. The molecule has 0 amide bonds. The zero-order valence-electron chi connectivity index (χ0n) is 25.4. The van der Waals surface area contributed by atoms with Crippen molar-refractivity contribution in [1.29, 1.82) is 0 Å². The van der Waals surface area contributed by atoms with Crippen LogP contribution in [0, 0.1) is 20.2 Å². The molecule has 0 fully saturated rings. The van der Waals surface area contributed by atoms with Crippen LogP contribution in [0.2, 0.25) is 0 Å². The van der Waals surface area contributed by atoms with Crippen molar-refractivity contribution in [3.05, 3.63) is 200 Å². The largest absolute Gasteiger partial charge is 0.510 e. The van der Waals surface area contributed by atoms with Gasteiger partial charge in [-0.25, -0.2) is 4.79 Å². The van der Waals surface area contributed by atoms with E-state index in [2.05, 4.69) is 0 Å². The summed E-state index contributed by atoms with van der Waals surface area (Å²) in [7, 11) is 0. The summed E-state index contributed by atoms with van der Waals surface area (Å²) in [5, 5.41) is 22.1. The van der Waals surface area contributed by atoms with E-state index in [0.29, 0.717) is 11.1 Å². The van der Waals surface area contributed by atoms with Crippen molar-refractivity contribution in [3.63, 3.8) is 0 Å². The van der Waals surface area contributed by atoms with E-state index in [9.17, 15) is 25.0 Å². The lowest BCUT2D eigenvalue weighted by atomic mass is 9.98. The van der Waals surface area contributed by atoms with Crippen LogP contribution in [0.4, 0.5) is 16.2 Å². The Morgan fingerprint density at radius 2 is 0.688 bits per heavy atom. The number of hydrogen-bond donors (Lipinski definition) is 0. The summed E-state index contributed by atoms with van der Waals surface area (Å²) in [6.07, 6.45) is -2.41. The maximum atomic E-state index is 13.6. The molecule has 9 heteroatoms. The highest BCUT2D eigenvalue weighted by Crippen LogP contribution is 2.33. The Morgan fingerprint density at radius 1 is 0.417 bits per heavy atom. The predicted octanol–water partition coefficient (Wildman–Crippen LogP) is 9.87. The first-order valence-electron chi connectivity index (χ1n) is 15.0. The fourth-order valence-electron chi connectivity index (χ4n) is 5.38. The van der Waals surface area contributed by atoms with Crippen LogP contribution in [-0.2, 0) is 9.47 Å². The number of non-ortho nitro benzene ring substituents is 2. The van der Waals surface area contributed by atoms with E-state index in [0.717, 1.165) is 33.4 Å². The lowest BCUT2D eigenvalue weighted by molar-refractivity contribution is -0.385. The molecule has 0 saturated carbocycles. The Balaban J connectivity index is 1.24. The van der Waals surface area contributed by atoms with Gasteiger partial charge in [-0.15, -0.1) is 0 Å². The molecule has 6 aromatic carbocycles. The Hall–Kier alpha value is -6.61. The molecule has 2 atom stereocenters. The van der Waals surface area contributed by atoms with Crippen LogP contribution in [0.15, 0.2) is 158 Å². The van der Waals surface area contributed by atoms with Gasteiger partial charge in [0.25, 0.3) is 11.4 Å². The van der Waals surface area contributed by atoms with Crippen molar-refractivity contribution >= 4 is 17.5 Å². The summed E-state index contributed by atoms with van der Waals surface area (Å²) in [5.74, 6) is 0. The van der Waals surface area contributed by atoms with Gasteiger partial charge in [0.15, 0.2) is 12.2 Å². The summed E-state index contributed by atoms with van der Waals surface area (Å²) in [6.45, 7) is 0. The van der Waals surface area contributed by atoms with Crippen LogP contribution in [0.5, 0.6) is 0 Å². The molecule has 6 aromatic rings. The highest BCUT2D eigenvalue weighted by Gasteiger charge is 2.25. The van der Waals surface area contributed by atoms with Gasteiger partial charge in [-0.1, -0.05) is 109 Å². The molecular formula is C39H28N2O7. The van der Waals surface area contributed by atoms with Crippen LogP contribution in [0.25, 0.3) is 22.3 Å². The second-order valence-corrected chi connectivity index (χ2v) is 10.9. The summed E-state index contributed by atoms with van der Waals surface area (Å²) in [5.41, 5.74) is 6.29. The molecule has 0 heterocycles. The minimum Gasteiger partial charge on any atom is -0.421 e. The highest BCUT2D eigenvalue weighted by atomic mass is 16.7. The number of nitrogens with zero attached hydrogens (tertiary/aromatic N) is 2. The third kappa shape index (κ3) is 7.27. The minimum atomic E-state index is -0.864. The molecule has 0 spiro atoms. The number of carbonyl (C=O) groups is 1. The molecule has 0 N–H and O–H groups in total. The normalized spacial score (nSPS) is 12.0. The summed E-state index contributed by atoms with van der Waals surface area (Å²) < 4.78 is 12.0. The first kappa shape index (κ1) is 31.4. The number of nitro groups is 2. The quantitative estimate of drug-likeness (QED) is 0.0833. The van der Waals surface area contributed by atoms with Crippen molar-refractivity contribution < 1.29 is 24.1 Å². The van der Waals surface area contributed by atoms with Gasteiger partial charge < -0.3 is 9.47 Å². The number of benzene rings is 6. The van der Waals surface area contributed by atoms with Crippen LogP contribution in [-0.4, -0.2) is 16.0 Å². The molecule has 0 aliphatic heterocycles. The Kier molecular flexibility index (Phi) is 9.29. The van der Waals surface area contributed by atoms with E-state index in [1.165, 1.54) is 24.3 Å². The highest BCUT2D eigenvalue weighted by molar-refractivity contribution is 5.67. The maximum absolute atomic E-state index is 13.6. The molecule has 6 rings (SSSR count). The maximum Gasteiger partial charge on any atom is 0.510 e. The van der Waals surface area contributed by atoms with Gasteiger partial charge in [-0.05, 0) is 68.8 Å². The van der Waals surface area contributed by atoms with Crippen LogP contribution < -0.4 is 0 Å². The van der Waals surface area contributed by atoms with Crippen LogP contribution in [0.3, 0.4) is 0 Å². The van der Waals surface area contributed by atoms with Crippen molar-refractivity contribution in [2.45, 2.75) is 12.2 Å². The first-order valence-corrected chi connectivity index (χ1v) is 15.0. The second-order valence-electron chi connectivity index (χ2n) is 10.9. The van der Waals surface area contributed by atoms with Crippen molar-refractivity contribution in [2.75, 3.05) is 0 Å².